The van der Waals surface area contributed by atoms with Crippen molar-refractivity contribution in [3.63, 3.8) is 0 Å². The van der Waals surface area contributed by atoms with E-state index >= 15 is 0 Å². The number of ether oxygens (including phenoxy) is 2. The highest BCUT2D eigenvalue weighted by molar-refractivity contribution is 5.67. The number of nitrogens with two attached hydrogens (primary N) is 1. The molecule has 2 atom stereocenters. The predicted octanol–water partition coefficient (Wildman–Crippen LogP) is 5.29. The molecule has 2 N–H and O–H groups in total. The molecule has 2 aromatic rings. The van der Waals surface area contributed by atoms with E-state index in [2.05, 4.69) is 57.7 Å². The van der Waals surface area contributed by atoms with Crippen LogP contribution >= 0.6 is 0 Å². The highest BCUT2D eigenvalue weighted by Crippen LogP contribution is 2.52. The summed E-state index contributed by atoms with van der Waals surface area (Å²) in [6.07, 6.45) is 2.27. The molecule has 1 saturated heterocycles. The van der Waals surface area contributed by atoms with Crippen molar-refractivity contribution in [3.05, 3.63) is 52.1 Å². The number of hydrogen-bond donors (Lipinski definition) is 1. The van der Waals surface area contributed by atoms with Crippen molar-refractivity contribution < 1.29 is 9.47 Å². The number of hydrogen-bond acceptors (Lipinski definition) is 4. The van der Waals surface area contributed by atoms with Gasteiger partial charge >= 0.3 is 0 Å². The molecule has 4 nitrogen and oxygen atoms in total. The molecule has 2 unspecified atom stereocenters. The second-order valence-electron chi connectivity index (χ2n) is 8.95. The lowest BCUT2D eigenvalue weighted by molar-refractivity contribution is -0.0811. The fraction of sp³-hybridized carbons (Fsp3) is 0.520. The van der Waals surface area contributed by atoms with Crippen LogP contribution in [0.3, 0.4) is 0 Å². The number of anilines is 1. The molecule has 0 saturated carbocycles. The van der Waals surface area contributed by atoms with Gasteiger partial charge in [-0.2, -0.15) is 0 Å². The Morgan fingerprint density at radius 3 is 2.45 bits per heavy atom. The molecule has 0 bridgehead atoms. The zero-order valence-corrected chi connectivity index (χ0v) is 18.6. The molecule has 2 heterocycles. The molecule has 156 valence electrons. The number of fused-ring (bicyclic) bond motifs is 1. The van der Waals surface area contributed by atoms with Crippen LogP contribution in [0, 0.1) is 20.8 Å². The average Bonchev–Trinajstić information content (AvgIpc) is 3.03. The van der Waals surface area contributed by atoms with E-state index < -0.39 is 0 Å². The van der Waals surface area contributed by atoms with Crippen LogP contribution in [-0.2, 0) is 0 Å². The molecule has 0 aromatic heterocycles. The molecule has 0 spiro atoms. The zero-order chi connectivity index (χ0) is 20.9. The predicted molar refractivity (Wildman–Crippen MR) is 119 cm³/mol. The Balaban J connectivity index is 1.55. The van der Waals surface area contributed by atoms with Gasteiger partial charge in [-0.05, 0) is 80.8 Å². The standard InChI is InChI=1S/C25H34N2O2/c1-15-16(2)24-22(17(3)23(15)26)18(4)25(5,29-24)27-12-10-19(11-13-27)20-8-7-9-21(14-20)28-6/h7-9,14,18-19H,10-13,26H2,1-6H3. The lowest BCUT2D eigenvalue weighted by atomic mass is 9.84. The number of nitrogens with zero attached hydrogens (tertiary/aromatic N) is 1. The highest BCUT2D eigenvalue weighted by atomic mass is 16.5. The Morgan fingerprint density at radius 1 is 1.10 bits per heavy atom. The minimum absolute atomic E-state index is 0.285. The third-order valence-electron chi connectivity index (χ3n) is 7.59. The first kappa shape index (κ1) is 20.1. The van der Waals surface area contributed by atoms with Gasteiger partial charge in [-0.15, -0.1) is 0 Å². The van der Waals surface area contributed by atoms with Crippen LogP contribution in [-0.4, -0.2) is 30.8 Å². The number of likely N-dealkylation sites (tertiary alicyclic amines) is 1. The maximum absolute atomic E-state index is 6.72. The van der Waals surface area contributed by atoms with Gasteiger partial charge < -0.3 is 15.2 Å². The van der Waals surface area contributed by atoms with Crippen LogP contribution in [0.1, 0.15) is 66.3 Å². The van der Waals surface area contributed by atoms with Crippen molar-refractivity contribution >= 4 is 5.69 Å². The Bertz CT molecular complexity index is 931. The Kier molecular flexibility index (Phi) is 5.02. The highest BCUT2D eigenvalue weighted by Gasteiger charge is 2.49. The molecule has 0 radical (unpaired) electrons. The van der Waals surface area contributed by atoms with E-state index in [0.717, 1.165) is 48.7 Å². The molecule has 1 fully saturated rings. The van der Waals surface area contributed by atoms with Gasteiger partial charge in [0, 0.05) is 30.3 Å². The van der Waals surface area contributed by atoms with Gasteiger partial charge in [-0.1, -0.05) is 19.1 Å². The van der Waals surface area contributed by atoms with Crippen molar-refractivity contribution in [1.29, 1.82) is 0 Å². The lowest BCUT2D eigenvalue weighted by Crippen LogP contribution is -2.54. The normalized spacial score (nSPS) is 25.0. The molecular formula is C25H34N2O2. The SMILES string of the molecule is COc1cccc(C2CCN(C3(C)Oc4c(C)c(C)c(N)c(C)c4C3C)CC2)c1. The zero-order valence-electron chi connectivity index (χ0n) is 18.6. The van der Waals surface area contributed by atoms with E-state index in [1.165, 1.54) is 22.3 Å². The van der Waals surface area contributed by atoms with Crippen LogP contribution in [0.25, 0.3) is 0 Å². The van der Waals surface area contributed by atoms with Crippen LogP contribution in [0.5, 0.6) is 11.5 Å². The molecule has 0 amide bonds. The van der Waals surface area contributed by atoms with Crippen molar-refractivity contribution in [1.82, 2.24) is 4.90 Å². The van der Waals surface area contributed by atoms with E-state index in [1.54, 1.807) is 7.11 Å². The largest absolute Gasteiger partial charge is 0.497 e. The van der Waals surface area contributed by atoms with E-state index in [-0.39, 0.29) is 11.6 Å². The Labute approximate surface area is 175 Å². The third kappa shape index (κ3) is 3.09. The molecule has 2 aromatic carbocycles. The first-order valence-corrected chi connectivity index (χ1v) is 10.7. The van der Waals surface area contributed by atoms with E-state index in [4.69, 9.17) is 15.2 Å². The minimum atomic E-state index is -0.322. The van der Waals surface area contributed by atoms with Gasteiger partial charge in [0.15, 0.2) is 5.72 Å². The second kappa shape index (κ2) is 7.24. The van der Waals surface area contributed by atoms with Crippen LogP contribution in [0.4, 0.5) is 5.69 Å². The van der Waals surface area contributed by atoms with Gasteiger partial charge in [0.2, 0.25) is 0 Å². The summed E-state index contributed by atoms with van der Waals surface area (Å²) in [5.41, 5.74) is 13.2. The summed E-state index contributed by atoms with van der Waals surface area (Å²) in [5, 5.41) is 0. The second-order valence-corrected chi connectivity index (χ2v) is 8.95. The van der Waals surface area contributed by atoms with Crippen molar-refractivity contribution in [3.8, 4) is 11.5 Å². The Morgan fingerprint density at radius 2 is 1.79 bits per heavy atom. The summed E-state index contributed by atoms with van der Waals surface area (Å²) in [6, 6.07) is 8.53. The quantitative estimate of drug-likeness (QED) is 0.718. The number of methoxy groups -OCH3 is 1. The van der Waals surface area contributed by atoms with E-state index in [1.807, 2.05) is 6.07 Å². The number of nitrogen functional groups attached to an aromatic ring is 1. The molecule has 4 heteroatoms. The van der Waals surface area contributed by atoms with Crippen LogP contribution in [0.15, 0.2) is 24.3 Å². The van der Waals surface area contributed by atoms with Crippen molar-refractivity contribution in [2.75, 3.05) is 25.9 Å². The van der Waals surface area contributed by atoms with Crippen LogP contribution in [0.2, 0.25) is 0 Å². The average molecular weight is 395 g/mol. The number of rotatable bonds is 3. The van der Waals surface area contributed by atoms with E-state index in [9.17, 15) is 0 Å². The maximum Gasteiger partial charge on any atom is 0.167 e. The summed E-state index contributed by atoms with van der Waals surface area (Å²) in [5.74, 6) is 2.86. The topological polar surface area (TPSA) is 47.7 Å². The van der Waals surface area contributed by atoms with Gasteiger partial charge in [0.25, 0.3) is 0 Å². The minimum Gasteiger partial charge on any atom is -0.497 e. The van der Waals surface area contributed by atoms with Gasteiger partial charge in [-0.25, -0.2) is 0 Å². The van der Waals surface area contributed by atoms with Gasteiger partial charge in [0.05, 0.1) is 7.11 Å². The molecule has 2 aliphatic heterocycles. The molecule has 29 heavy (non-hydrogen) atoms. The summed E-state index contributed by atoms with van der Waals surface area (Å²) < 4.78 is 12.1. The fourth-order valence-corrected chi connectivity index (χ4v) is 5.28. The Hall–Kier alpha value is -2.20. The molecule has 4 rings (SSSR count). The third-order valence-corrected chi connectivity index (χ3v) is 7.59. The summed E-state index contributed by atoms with van der Waals surface area (Å²) in [6.45, 7) is 13.0. The molecule has 2 aliphatic rings. The lowest BCUT2D eigenvalue weighted by Gasteiger charge is -2.44. The summed E-state index contributed by atoms with van der Waals surface area (Å²) in [7, 11) is 1.73. The maximum atomic E-state index is 6.72. The van der Waals surface area contributed by atoms with Crippen molar-refractivity contribution in [2.24, 2.45) is 0 Å². The van der Waals surface area contributed by atoms with Gasteiger partial charge in [0.1, 0.15) is 11.5 Å². The first-order chi connectivity index (χ1) is 13.8. The molecular weight excluding hydrogens is 360 g/mol. The smallest absolute Gasteiger partial charge is 0.167 e. The van der Waals surface area contributed by atoms with Crippen molar-refractivity contribution in [2.45, 2.75) is 65.0 Å². The summed E-state index contributed by atoms with van der Waals surface area (Å²) in [4.78, 5) is 2.54. The monoisotopic (exact) mass is 394 g/mol. The first-order valence-electron chi connectivity index (χ1n) is 10.7. The van der Waals surface area contributed by atoms with Crippen LogP contribution < -0.4 is 15.2 Å². The summed E-state index contributed by atoms with van der Waals surface area (Å²) >= 11 is 0. The fourth-order valence-electron chi connectivity index (χ4n) is 5.28. The number of benzene rings is 2. The number of piperidine rings is 1. The van der Waals surface area contributed by atoms with Gasteiger partial charge in [-0.3, -0.25) is 4.90 Å². The van der Waals surface area contributed by atoms with E-state index in [0.29, 0.717) is 5.92 Å². The molecule has 0 aliphatic carbocycles.